The van der Waals surface area contributed by atoms with Crippen molar-refractivity contribution in [1.29, 1.82) is 0 Å². The molecule has 0 rings (SSSR count). The van der Waals surface area contributed by atoms with Crippen LogP contribution in [0.25, 0.3) is 0 Å². The van der Waals surface area contributed by atoms with Crippen molar-refractivity contribution in [2.24, 2.45) is 0 Å². The van der Waals surface area contributed by atoms with Crippen LogP contribution in [0.2, 0.25) is 0 Å². The summed E-state index contributed by atoms with van der Waals surface area (Å²) in [5.74, 6) is -0.938. The molecule has 66 heavy (non-hydrogen) atoms. The van der Waals surface area contributed by atoms with Crippen molar-refractivity contribution in [3.8, 4) is 0 Å². The number of carbonyl (C=O) groups is 3. The van der Waals surface area contributed by atoms with Gasteiger partial charge in [0.05, 0.1) is 0 Å². The summed E-state index contributed by atoms with van der Waals surface area (Å²) in [6, 6.07) is 0. The highest BCUT2D eigenvalue weighted by Gasteiger charge is 2.19. The highest BCUT2D eigenvalue weighted by atomic mass is 16.6. The molecular formula is C60H98O6. The molecule has 0 N–H and O–H groups in total. The first kappa shape index (κ1) is 62.1. The van der Waals surface area contributed by atoms with Crippen molar-refractivity contribution >= 4 is 17.9 Å². The summed E-state index contributed by atoms with van der Waals surface area (Å²) in [7, 11) is 0. The molecule has 0 heterocycles. The lowest BCUT2D eigenvalue weighted by Gasteiger charge is -2.18. The average Bonchev–Trinajstić information content (AvgIpc) is 3.31. The predicted octanol–water partition coefficient (Wildman–Crippen LogP) is 17.9. The second-order valence-corrected chi connectivity index (χ2v) is 17.4. The quantitative estimate of drug-likeness (QED) is 0.0262. The maximum atomic E-state index is 12.8. The summed E-state index contributed by atoms with van der Waals surface area (Å²) in [5, 5.41) is 0. The third kappa shape index (κ3) is 51.1. The number of hydrogen-bond donors (Lipinski definition) is 0. The SMILES string of the molecule is CC/C=C\C/C=C\C/C=C\C/C=C\C/C=C\CCCCCCCCCC(=O)OCC(COC(=O)CCCCCCC/C=C\CCC)OC(=O)CCCCCCC/C=C\C/C=C\C/C=C\CC. The molecule has 374 valence electrons. The van der Waals surface area contributed by atoms with Crippen molar-refractivity contribution < 1.29 is 28.6 Å². The first-order valence-corrected chi connectivity index (χ1v) is 26.9. The second-order valence-electron chi connectivity index (χ2n) is 17.4. The van der Waals surface area contributed by atoms with E-state index in [9.17, 15) is 14.4 Å². The fraction of sp³-hybridized carbons (Fsp3) is 0.650. The molecule has 0 fully saturated rings. The minimum absolute atomic E-state index is 0.0950. The molecule has 0 saturated carbocycles. The lowest BCUT2D eigenvalue weighted by molar-refractivity contribution is -0.167. The van der Waals surface area contributed by atoms with Gasteiger partial charge in [0.1, 0.15) is 13.2 Å². The zero-order valence-corrected chi connectivity index (χ0v) is 42.7. The van der Waals surface area contributed by atoms with Crippen LogP contribution in [0.4, 0.5) is 0 Å². The van der Waals surface area contributed by atoms with E-state index in [4.69, 9.17) is 14.2 Å². The summed E-state index contributed by atoms with van der Waals surface area (Å²) in [4.78, 5) is 38.0. The molecule has 0 radical (unpaired) electrons. The summed E-state index contributed by atoms with van der Waals surface area (Å²) >= 11 is 0. The minimum Gasteiger partial charge on any atom is -0.462 e. The van der Waals surface area contributed by atoms with Crippen LogP contribution in [-0.4, -0.2) is 37.2 Å². The van der Waals surface area contributed by atoms with E-state index in [1.54, 1.807) is 0 Å². The third-order valence-electron chi connectivity index (χ3n) is 11.0. The van der Waals surface area contributed by atoms with Gasteiger partial charge in [0.25, 0.3) is 0 Å². The summed E-state index contributed by atoms with van der Waals surface area (Å²) in [5.41, 5.74) is 0. The molecule has 1 unspecified atom stereocenters. The van der Waals surface area contributed by atoms with E-state index in [1.165, 1.54) is 38.5 Å². The first-order chi connectivity index (χ1) is 32.5. The van der Waals surface area contributed by atoms with Gasteiger partial charge in [-0.2, -0.15) is 0 Å². The molecule has 0 aromatic heterocycles. The van der Waals surface area contributed by atoms with Crippen molar-refractivity contribution in [3.05, 3.63) is 109 Å². The Labute approximate surface area is 406 Å². The van der Waals surface area contributed by atoms with Crippen LogP contribution in [0.15, 0.2) is 109 Å². The standard InChI is InChI=1S/C60H98O6/c1-4-7-10-13-16-19-22-24-26-27-28-29-30-31-32-33-35-36-38-41-44-47-50-53-59(62)65-56-57(55-64-58(61)52-49-46-43-40-21-18-15-12-9-6-3)66-60(63)54-51-48-45-42-39-37-34-25-23-20-17-14-11-8-5-2/h7-8,10-12,15-17,19-20,24-26,28-29,31-32,34,57H,4-6,9,13-14,18,21-23,27,30,33,35-56H2,1-3H3/b10-7-,11-8-,15-12-,19-16-,20-17-,26-24-,29-28-,32-31-,34-25-. The van der Waals surface area contributed by atoms with E-state index < -0.39 is 6.10 Å². The van der Waals surface area contributed by atoms with Gasteiger partial charge >= 0.3 is 17.9 Å². The van der Waals surface area contributed by atoms with Crippen LogP contribution in [-0.2, 0) is 28.6 Å². The number of allylic oxidation sites excluding steroid dienone is 18. The summed E-state index contributed by atoms with van der Waals surface area (Å²) in [6.45, 7) is 6.31. The van der Waals surface area contributed by atoms with Gasteiger partial charge in [-0.1, -0.05) is 207 Å². The molecule has 0 bridgehead atoms. The molecule has 0 amide bonds. The van der Waals surface area contributed by atoms with Crippen LogP contribution in [0, 0.1) is 0 Å². The molecule has 0 aliphatic rings. The van der Waals surface area contributed by atoms with E-state index in [0.29, 0.717) is 19.3 Å². The van der Waals surface area contributed by atoms with E-state index in [2.05, 4.69) is 130 Å². The van der Waals surface area contributed by atoms with E-state index in [-0.39, 0.29) is 31.1 Å². The van der Waals surface area contributed by atoms with Crippen LogP contribution in [0.3, 0.4) is 0 Å². The molecule has 6 heteroatoms. The monoisotopic (exact) mass is 915 g/mol. The first-order valence-electron chi connectivity index (χ1n) is 26.9. The molecule has 0 spiro atoms. The highest BCUT2D eigenvalue weighted by Crippen LogP contribution is 2.14. The van der Waals surface area contributed by atoms with Gasteiger partial charge in [0.15, 0.2) is 6.10 Å². The topological polar surface area (TPSA) is 78.9 Å². The van der Waals surface area contributed by atoms with Gasteiger partial charge in [-0.15, -0.1) is 0 Å². The lowest BCUT2D eigenvalue weighted by atomic mass is 10.1. The molecular weight excluding hydrogens is 817 g/mol. The van der Waals surface area contributed by atoms with Crippen molar-refractivity contribution in [3.63, 3.8) is 0 Å². The predicted molar refractivity (Wildman–Crippen MR) is 283 cm³/mol. The van der Waals surface area contributed by atoms with Gasteiger partial charge < -0.3 is 14.2 Å². The molecule has 0 aromatic carbocycles. The smallest absolute Gasteiger partial charge is 0.306 e. The molecule has 0 aliphatic carbocycles. The summed E-state index contributed by atoms with van der Waals surface area (Å²) in [6.07, 6.45) is 72.2. The maximum absolute atomic E-state index is 12.8. The highest BCUT2D eigenvalue weighted by molar-refractivity contribution is 5.71. The lowest BCUT2D eigenvalue weighted by Crippen LogP contribution is -2.30. The largest absolute Gasteiger partial charge is 0.462 e. The van der Waals surface area contributed by atoms with Gasteiger partial charge in [0.2, 0.25) is 0 Å². The van der Waals surface area contributed by atoms with Crippen LogP contribution in [0.1, 0.15) is 233 Å². The number of hydrogen-bond acceptors (Lipinski definition) is 6. The fourth-order valence-corrected chi connectivity index (χ4v) is 7.01. The number of esters is 3. The van der Waals surface area contributed by atoms with Gasteiger partial charge in [-0.25, -0.2) is 0 Å². The maximum Gasteiger partial charge on any atom is 0.306 e. The second kappa shape index (κ2) is 53.7. The molecule has 0 saturated heterocycles. The number of unbranched alkanes of at least 4 members (excludes halogenated alkanes) is 18. The molecule has 1 atom stereocenters. The zero-order chi connectivity index (χ0) is 47.9. The normalized spacial score (nSPS) is 13.0. The Hall–Kier alpha value is -3.93. The van der Waals surface area contributed by atoms with Crippen LogP contribution >= 0.6 is 0 Å². The average molecular weight is 915 g/mol. The van der Waals surface area contributed by atoms with Gasteiger partial charge in [0, 0.05) is 19.3 Å². The van der Waals surface area contributed by atoms with Crippen molar-refractivity contribution in [1.82, 2.24) is 0 Å². The fourth-order valence-electron chi connectivity index (χ4n) is 7.01. The van der Waals surface area contributed by atoms with Crippen LogP contribution in [0.5, 0.6) is 0 Å². The Balaban J connectivity index is 4.36. The number of ether oxygens (including phenoxy) is 3. The Morgan fingerprint density at radius 3 is 0.939 bits per heavy atom. The Morgan fingerprint density at radius 2 is 0.591 bits per heavy atom. The zero-order valence-electron chi connectivity index (χ0n) is 42.7. The van der Waals surface area contributed by atoms with Gasteiger partial charge in [-0.3, -0.25) is 14.4 Å². The Morgan fingerprint density at radius 1 is 0.318 bits per heavy atom. The van der Waals surface area contributed by atoms with Crippen LogP contribution < -0.4 is 0 Å². The van der Waals surface area contributed by atoms with E-state index in [0.717, 1.165) is 154 Å². The third-order valence-corrected chi connectivity index (χ3v) is 11.0. The Bertz CT molecular complexity index is 1370. The van der Waals surface area contributed by atoms with Crippen molar-refractivity contribution in [2.45, 2.75) is 239 Å². The van der Waals surface area contributed by atoms with Crippen molar-refractivity contribution in [2.75, 3.05) is 13.2 Å². The number of rotatable bonds is 47. The van der Waals surface area contributed by atoms with E-state index in [1.807, 2.05) is 0 Å². The Kier molecular flexibility index (Phi) is 50.5. The number of carbonyl (C=O) groups excluding carboxylic acids is 3. The van der Waals surface area contributed by atoms with E-state index >= 15 is 0 Å². The minimum atomic E-state index is -0.796. The van der Waals surface area contributed by atoms with Gasteiger partial charge in [-0.05, 0) is 116 Å². The summed E-state index contributed by atoms with van der Waals surface area (Å²) < 4.78 is 16.8. The molecule has 6 nitrogen and oxygen atoms in total. The molecule has 0 aromatic rings. The molecule has 0 aliphatic heterocycles.